The molecule has 0 radical (unpaired) electrons. The zero-order valence-electron chi connectivity index (χ0n) is 9.69. The van der Waals surface area contributed by atoms with Crippen molar-refractivity contribution in [2.75, 3.05) is 0 Å². The first kappa shape index (κ1) is 16.1. The molecule has 0 aromatic heterocycles. The van der Waals surface area contributed by atoms with Gasteiger partial charge in [0.25, 0.3) is 0 Å². The summed E-state index contributed by atoms with van der Waals surface area (Å²) in [6.45, 7) is 7.67. The summed E-state index contributed by atoms with van der Waals surface area (Å²) in [7, 11) is 0. The molecular formula is C12H22N2O. The molecule has 1 aromatic carbocycles. The van der Waals surface area contributed by atoms with Crippen LogP contribution in [0.1, 0.15) is 32.3 Å². The average Bonchev–Trinajstić information content (AvgIpc) is 2.31. The van der Waals surface area contributed by atoms with Crippen molar-refractivity contribution < 1.29 is 5.21 Å². The largest absolute Gasteiger partial charge is 0.411 e. The van der Waals surface area contributed by atoms with Crippen LogP contribution in [-0.2, 0) is 6.54 Å². The Morgan fingerprint density at radius 2 is 1.60 bits per heavy atom. The molecule has 0 saturated heterocycles. The first-order chi connectivity index (χ1) is 7.26. The number of unbranched alkanes of at least 4 members (excludes halogenated alkanes) is 1. The van der Waals surface area contributed by atoms with Gasteiger partial charge in [-0.2, -0.15) is 0 Å². The molecule has 0 unspecified atom stereocenters. The SMILES string of the molecule is C=NO.CCCC.NCc1ccccc1. The Kier molecular flexibility index (Phi) is 16.2. The van der Waals surface area contributed by atoms with E-state index in [0.717, 1.165) is 0 Å². The fourth-order valence-corrected chi connectivity index (χ4v) is 0.614. The summed E-state index contributed by atoms with van der Waals surface area (Å²) in [5.74, 6) is 0. The molecular weight excluding hydrogens is 188 g/mol. The van der Waals surface area contributed by atoms with Gasteiger partial charge in [-0.25, -0.2) is 0 Å². The predicted octanol–water partition coefficient (Wildman–Crippen LogP) is 3.03. The van der Waals surface area contributed by atoms with Gasteiger partial charge in [0, 0.05) is 13.3 Å². The second kappa shape index (κ2) is 15.1. The van der Waals surface area contributed by atoms with Crippen molar-refractivity contribution >= 4 is 6.72 Å². The van der Waals surface area contributed by atoms with Gasteiger partial charge in [-0.3, -0.25) is 0 Å². The van der Waals surface area contributed by atoms with Crippen LogP contribution in [0.5, 0.6) is 0 Å². The van der Waals surface area contributed by atoms with Gasteiger partial charge in [-0.05, 0) is 5.56 Å². The number of nitrogens with zero attached hydrogens (tertiary/aromatic N) is 1. The zero-order chi connectivity index (χ0) is 11.9. The van der Waals surface area contributed by atoms with E-state index in [1.165, 1.54) is 18.4 Å². The molecule has 1 aromatic rings. The molecule has 0 fully saturated rings. The predicted molar refractivity (Wildman–Crippen MR) is 66.3 cm³/mol. The average molecular weight is 210 g/mol. The third kappa shape index (κ3) is 15.4. The first-order valence-electron chi connectivity index (χ1n) is 5.10. The Bertz CT molecular complexity index is 210. The Hall–Kier alpha value is -1.35. The van der Waals surface area contributed by atoms with Gasteiger partial charge in [0.2, 0.25) is 0 Å². The van der Waals surface area contributed by atoms with Gasteiger partial charge < -0.3 is 10.9 Å². The van der Waals surface area contributed by atoms with E-state index in [-0.39, 0.29) is 0 Å². The highest BCUT2D eigenvalue weighted by Crippen LogP contribution is 1.94. The summed E-state index contributed by atoms with van der Waals surface area (Å²) in [5.41, 5.74) is 6.54. The van der Waals surface area contributed by atoms with Gasteiger partial charge in [0.15, 0.2) is 0 Å². The molecule has 0 aliphatic rings. The first-order valence-corrected chi connectivity index (χ1v) is 5.10. The van der Waals surface area contributed by atoms with Crippen LogP contribution in [0.25, 0.3) is 0 Å². The van der Waals surface area contributed by atoms with Crippen molar-refractivity contribution in [2.45, 2.75) is 33.2 Å². The summed E-state index contributed by atoms with van der Waals surface area (Å²) in [4.78, 5) is 0. The van der Waals surface area contributed by atoms with E-state index in [1.807, 2.05) is 30.3 Å². The van der Waals surface area contributed by atoms with Crippen LogP contribution in [0.3, 0.4) is 0 Å². The van der Waals surface area contributed by atoms with Crippen LogP contribution in [0.2, 0.25) is 0 Å². The molecule has 0 amide bonds. The molecule has 15 heavy (non-hydrogen) atoms. The van der Waals surface area contributed by atoms with Gasteiger partial charge in [-0.15, -0.1) is 5.16 Å². The van der Waals surface area contributed by atoms with Crippen LogP contribution in [0.15, 0.2) is 35.5 Å². The highest BCUT2D eigenvalue weighted by molar-refractivity contribution is 5.20. The minimum absolute atomic E-state index is 0.640. The number of hydrogen-bond acceptors (Lipinski definition) is 3. The number of hydrogen-bond donors (Lipinski definition) is 2. The van der Waals surface area contributed by atoms with Crippen molar-refractivity contribution in [1.29, 1.82) is 0 Å². The van der Waals surface area contributed by atoms with Gasteiger partial charge in [0.05, 0.1) is 0 Å². The minimum Gasteiger partial charge on any atom is -0.411 e. The third-order valence-corrected chi connectivity index (χ3v) is 1.58. The number of benzene rings is 1. The van der Waals surface area contributed by atoms with Gasteiger partial charge in [0.1, 0.15) is 0 Å². The van der Waals surface area contributed by atoms with Gasteiger partial charge in [-0.1, -0.05) is 57.0 Å². The van der Waals surface area contributed by atoms with E-state index < -0.39 is 0 Å². The zero-order valence-corrected chi connectivity index (χ0v) is 9.69. The lowest BCUT2D eigenvalue weighted by atomic mass is 10.2. The van der Waals surface area contributed by atoms with Crippen molar-refractivity contribution in [2.24, 2.45) is 10.9 Å². The Balaban J connectivity index is 0. The lowest BCUT2D eigenvalue weighted by Crippen LogP contribution is -1.94. The van der Waals surface area contributed by atoms with Crippen molar-refractivity contribution in [3.8, 4) is 0 Å². The van der Waals surface area contributed by atoms with Crippen molar-refractivity contribution in [3.05, 3.63) is 35.9 Å². The Morgan fingerprint density at radius 3 is 1.80 bits per heavy atom. The molecule has 0 bridgehead atoms. The molecule has 86 valence electrons. The number of nitrogens with two attached hydrogens (primary N) is 1. The lowest BCUT2D eigenvalue weighted by molar-refractivity contribution is 0.323. The second-order valence-electron chi connectivity index (χ2n) is 2.83. The number of rotatable bonds is 2. The standard InChI is InChI=1S/C7H9N.C4H10.CH3NO/c8-6-7-4-2-1-3-5-7;1-3-4-2;1-2-3/h1-5H,6,8H2;3-4H2,1-2H3;3H,1H2. The summed E-state index contributed by atoms with van der Waals surface area (Å²) < 4.78 is 0. The van der Waals surface area contributed by atoms with Crippen LogP contribution < -0.4 is 5.73 Å². The van der Waals surface area contributed by atoms with Crippen molar-refractivity contribution in [1.82, 2.24) is 0 Å². The van der Waals surface area contributed by atoms with E-state index >= 15 is 0 Å². The van der Waals surface area contributed by atoms with Crippen LogP contribution in [-0.4, -0.2) is 11.9 Å². The maximum atomic E-state index is 7.08. The topological polar surface area (TPSA) is 58.6 Å². The monoisotopic (exact) mass is 210 g/mol. The normalized spacial score (nSPS) is 7.67. The molecule has 0 spiro atoms. The van der Waals surface area contributed by atoms with E-state index in [2.05, 4.69) is 25.7 Å². The molecule has 0 aliphatic carbocycles. The van der Waals surface area contributed by atoms with Gasteiger partial charge >= 0.3 is 0 Å². The lowest BCUT2D eigenvalue weighted by Gasteiger charge is -1.90. The summed E-state index contributed by atoms with van der Waals surface area (Å²) in [6.07, 6.45) is 2.64. The second-order valence-corrected chi connectivity index (χ2v) is 2.83. The highest BCUT2D eigenvalue weighted by Gasteiger charge is 1.80. The fourth-order valence-electron chi connectivity index (χ4n) is 0.614. The van der Waals surface area contributed by atoms with E-state index in [1.54, 1.807) is 0 Å². The van der Waals surface area contributed by atoms with Crippen LogP contribution >= 0.6 is 0 Å². The maximum Gasteiger partial charge on any atom is 0.0298 e. The maximum absolute atomic E-state index is 7.08. The van der Waals surface area contributed by atoms with E-state index in [0.29, 0.717) is 6.54 Å². The fraction of sp³-hybridized carbons (Fsp3) is 0.417. The molecule has 0 aliphatic heterocycles. The smallest absolute Gasteiger partial charge is 0.0298 e. The van der Waals surface area contributed by atoms with Crippen molar-refractivity contribution in [3.63, 3.8) is 0 Å². The summed E-state index contributed by atoms with van der Waals surface area (Å²) in [6, 6.07) is 9.99. The quantitative estimate of drug-likeness (QED) is 0.448. The molecule has 1 rings (SSSR count). The third-order valence-electron chi connectivity index (χ3n) is 1.58. The molecule has 0 heterocycles. The molecule has 3 N–H and O–H groups in total. The minimum atomic E-state index is 0.640. The van der Waals surface area contributed by atoms with E-state index in [4.69, 9.17) is 10.9 Å². The molecule has 0 atom stereocenters. The Labute approximate surface area is 92.6 Å². The summed E-state index contributed by atoms with van der Waals surface area (Å²) in [5, 5.41) is 9.33. The molecule has 3 heteroatoms. The van der Waals surface area contributed by atoms with Crippen LogP contribution in [0, 0.1) is 0 Å². The Morgan fingerprint density at radius 1 is 1.20 bits per heavy atom. The number of oxime groups is 1. The van der Waals surface area contributed by atoms with E-state index in [9.17, 15) is 0 Å². The molecule has 0 saturated carbocycles. The van der Waals surface area contributed by atoms with Crippen LogP contribution in [0.4, 0.5) is 0 Å². The highest BCUT2D eigenvalue weighted by atomic mass is 16.4. The molecule has 3 nitrogen and oxygen atoms in total. The summed E-state index contributed by atoms with van der Waals surface area (Å²) >= 11 is 0.